The lowest BCUT2D eigenvalue weighted by Gasteiger charge is -2.27. The van der Waals surface area contributed by atoms with Gasteiger partial charge in [0, 0.05) is 5.75 Å². The Hall–Kier alpha value is -1.69. The number of carbonyl (C=O) groups is 2. The van der Waals surface area contributed by atoms with E-state index < -0.39 is 12.0 Å². The number of nitrogens with zero attached hydrogens (tertiary/aromatic N) is 1. The summed E-state index contributed by atoms with van der Waals surface area (Å²) in [5.74, 6) is 0.354. The Labute approximate surface area is 127 Å². The Bertz CT molecular complexity index is 532. The zero-order valence-corrected chi connectivity index (χ0v) is 12.3. The standard InChI is InChI=1S/C15H17NO4S/c17-13(8-20-11-4-2-1-3-5-11)16-12(15(18)19)9-21-14(16)10-6-7-10/h1-5,10,12,14H,6-9H2,(H,18,19). The van der Waals surface area contributed by atoms with Crippen molar-refractivity contribution in [3.8, 4) is 5.75 Å². The van der Waals surface area contributed by atoms with Gasteiger partial charge in [0.2, 0.25) is 0 Å². The summed E-state index contributed by atoms with van der Waals surface area (Å²) < 4.78 is 5.46. The number of rotatable bonds is 5. The van der Waals surface area contributed by atoms with Gasteiger partial charge in [-0.2, -0.15) is 0 Å². The molecule has 0 bridgehead atoms. The minimum atomic E-state index is -0.932. The monoisotopic (exact) mass is 307 g/mol. The van der Waals surface area contributed by atoms with E-state index in [1.807, 2.05) is 18.2 Å². The second-order valence-electron chi connectivity index (χ2n) is 5.32. The van der Waals surface area contributed by atoms with Crippen LogP contribution in [-0.2, 0) is 9.59 Å². The van der Waals surface area contributed by atoms with Crippen LogP contribution in [0.2, 0.25) is 0 Å². The maximum atomic E-state index is 12.4. The van der Waals surface area contributed by atoms with Crippen molar-refractivity contribution < 1.29 is 19.4 Å². The number of carbonyl (C=O) groups excluding carboxylic acids is 1. The first kappa shape index (κ1) is 14.3. The quantitative estimate of drug-likeness (QED) is 0.899. The number of benzene rings is 1. The van der Waals surface area contributed by atoms with Gasteiger partial charge >= 0.3 is 5.97 Å². The molecule has 112 valence electrons. The summed E-state index contributed by atoms with van der Waals surface area (Å²) in [6.07, 6.45) is 2.15. The molecule has 0 radical (unpaired) electrons. The first-order valence-corrected chi connectivity index (χ1v) is 8.05. The van der Waals surface area contributed by atoms with Crippen molar-refractivity contribution >= 4 is 23.6 Å². The minimum Gasteiger partial charge on any atom is -0.484 e. The molecule has 0 spiro atoms. The van der Waals surface area contributed by atoms with Gasteiger partial charge in [0.1, 0.15) is 11.8 Å². The van der Waals surface area contributed by atoms with Crippen LogP contribution in [0.1, 0.15) is 12.8 Å². The van der Waals surface area contributed by atoms with Gasteiger partial charge in [-0.15, -0.1) is 11.8 Å². The van der Waals surface area contributed by atoms with Gasteiger partial charge in [-0.25, -0.2) is 4.79 Å². The molecular weight excluding hydrogens is 290 g/mol. The van der Waals surface area contributed by atoms with Gasteiger partial charge < -0.3 is 14.7 Å². The Morgan fingerprint density at radius 1 is 1.29 bits per heavy atom. The van der Waals surface area contributed by atoms with Crippen molar-refractivity contribution in [2.75, 3.05) is 12.4 Å². The maximum Gasteiger partial charge on any atom is 0.327 e. The van der Waals surface area contributed by atoms with Crippen LogP contribution in [0.5, 0.6) is 5.75 Å². The minimum absolute atomic E-state index is 0.00188. The summed E-state index contributed by atoms with van der Waals surface area (Å²) in [5.41, 5.74) is 0. The predicted octanol–water partition coefficient (Wildman–Crippen LogP) is 1.83. The number of carboxylic acid groups (broad SMARTS) is 1. The van der Waals surface area contributed by atoms with Crippen molar-refractivity contribution in [1.29, 1.82) is 0 Å². The third-order valence-corrected chi connectivity index (χ3v) is 5.20. The fraction of sp³-hybridized carbons (Fsp3) is 0.467. The predicted molar refractivity (Wildman–Crippen MR) is 79.2 cm³/mol. The van der Waals surface area contributed by atoms with Crippen LogP contribution in [0.25, 0.3) is 0 Å². The SMILES string of the molecule is O=C(O)C1CSC(C2CC2)N1C(=O)COc1ccccc1. The van der Waals surface area contributed by atoms with Crippen molar-refractivity contribution in [1.82, 2.24) is 4.90 Å². The van der Waals surface area contributed by atoms with E-state index in [-0.39, 0.29) is 17.9 Å². The number of hydrogen-bond donors (Lipinski definition) is 1. The van der Waals surface area contributed by atoms with Gasteiger partial charge in [0.05, 0.1) is 5.37 Å². The molecule has 6 heteroatoms. The number of aliphatic carboxylic acids is 1. The second kappa shape index (κ2) is 5.97. The number of ether oxygens (including phenoxy) is 1. The highest BCUT2D eigenvalue weighted by atomic mass is 32.2. The summed E-state index contributed by atoms with van der Waals surface area (Å²) in [6, 6.07) is 8.36. The van der Waals surface area contributed by atoms with Gasteiger partial charge in [-0.05, 0) is 30.9 Å². The van der Waals surface area contributed by atoms with E-state index in [9.17, 15) is 14.7 Å². The molecule has 2 atom stereocenters. The molecule has 2 unspecified atom stereocenters. The van der Waals surface area contributed by atoms with Crippen LogP contribution in [-0.4, -0.2) is 45.7 Å². The number of para-hydroxylation sites is 1. The molecule has 1 saturated heterocycles. The molecule has 2 aliphatic rings. The molecule has 1 saturated carbocycles. The molecule has 1 amide bonds. The van der Waals surface area contributed by atoms with Crippen LogP contribution in [0.4, 0.5) is 0 Å². The molecular formula is C15H17NO4S. The van der Waals surface area contributed by atoms with E-state index in [2.05, 4.69) is 0 Å². The van der Waals surface area contributed by atoms with E-state index in [1.165, 1.54) is 4.90 Å². The zero-order valence-electron chi connectivity index (χ0n) is 11.5. The fourth-order valence-electron chi connectivity index (χ4n) is 2.51. The lowest BCUT2D eigenvalue weighted by atomic mass is 10.2. The topological polar surface area (TPSA) is 66.8 Å². The van der Waals surface area contributed by atoms with E-state index in [4.69, 9.17) is 4.74 Å². The molecule has 1 aliphatic carbocycles. The van der Waals surface area contributed by atoms with Crippen molar-refractivity contribution in [2.24, 2.45) is 5.92 Å². The lowest BCUT2D eigenvalue weighted by molar-refractivity contribution is -0.150. The highest BCUT2D eigenvalue weighted by Crippen LogP contribution is 2.45. The maximum absolute atomic E-state index is 12.4. The molecule has 1 aromatic carbocycles. The summed E-state index contributed by atoms with van der Waals surface area (Å²) >= 11 is 1.58. The molecule has 5 nitrogen and oxygen atoms in total. The highest BCUT2D eigenvalue weighted by Gasteiger charge is 2.47. The van der Waals surface area contributed by atoms with Gasteiger partial charge in [0.25, 0.3) is 5.91 Å². The summed E-state index contributed by atoms with van der Waals surface area (Å²) in [4.78, 5) is 25.3. The Balaban J connectivity index is 1.66. The second-order valence-corrected chi connectivity index (χ2v) is 6.47. The molecule has 3 rings (SSSR count). The third-order valence-electron chi connectivity index (χ3n) is 3.74. The first-order chi connectivity index (χ1) is 10.2. The fourth-order valence-corrected chi connectivity index (χ4v) is 4.17. The van der Waals surface area contributed by atoms with Crippen LogP contribution >= 0.6 is 11.8 Å². The molecule has 0 aromatic heterocycles. The van der Waals surface area contributed by atoms with E-state index in [1.54, 1.807) is 23.9 Å². The van der Waals surface area contributed by atoms with E-state index in [0.29, 0.717) is 17.4 Å². The Morgan fingerprint density at radius 3 is 2.62 bits per heavy atom. The molecule has 1 heterocycles. The zero-order chi connectivity index (χ0) is 14.8. The summed E-state index contributed by atoms with van der Waals surface area (Å²) in [5, 5.41) is 9.29. The summed E-state index contributed by atoms with van der Waals surface area (Å²) in [7, 11) is 0. The number of thioether (sulfide) groups is 1. The van der Waals surface area contributed by atoms with Crippen LogP contribution in [0.15, 0.2) is 30.3 Å². The third kappa shape index (κ3) is 3.15. The van der Waals surface area contributed by atoms with Gasteiger partial charge in [-0.3, -0.25) is 4.79 Å². The normalized spacial score (nSPS) is 24.9. The highest BCUT2D eigenvalue weighted by molar-refractivity contribution is 8.00. The van der Waals surface area contributed by atoms with Gasteiger partial charge in [0.15, 0.2) is 6.61 Å². The van der Waals surface area contributed by atoms with Crippen molar-refractivity contribution in [2.45, 2.75) is 24.3 Å². The summed E-state index contributed by atoms with van der Waals surface area (Å²) in [6.45, 7) is -0.114. The smallest absolute Gasteiger partial charge is 0.327 e. The molecule has 21 heavy (non-hydrogen) atoms. The van der Waals surface area contributed by atoms with E-state index in [0.717, 1.165) is 12.8 Å². The first-order valence-electron chi connectivity index (χ1n) is 7.00. The largest absolute Gasteiger partial charge is 0.484 e. The average Bonchev–Trinajstić information content (AvgIpc) is 3.24. The van der Waals surface area contributed by atoms with Crippen molar-refractivity contribution in [3.63, 3.8) is 0 Å². The lowest BCUT2D eigenvalue weighted by Crippen LogP contribution is -2.48. The number of amides is 1. The molecule has 2 fully saturated rings. The molecule has 1 aromatic rings. The number of carboxylic acids is 1. The molecule has 1 aliphatic heterocycles. The van der Waals surface area contributed by atoms with Crippen LogP contribution in [0, 0.1) is 5.92 Å². The van der Waals surface area contributed by atoms with Gasteiger partial charge in [-0.1, -0.05) is 18.2 Å². The molecule has 1 N–H and O–H groups in total. The van der Waals surface area contributed by atoms with Crippen LogP contribution in [0.3, 0.4) is 0 Å². The number of hydrogen-bond acceptors (Lipinski definition) is 4. The van der Waals surface area contributed by atoms with E-state index >= 15 is 0 Å². The Morgan fingerprint density at radius 2 is 2.00 bits per heavy atom. The van der Waals surface area contributed by atoms with Crippen LogP contribution < -0.4 is 4.74 Å². The Kier molecular flexibility index (Phi) is 4.05. The average molecular weight is 307 g/mol. The van der Waals surface area contributed by atoms with Crippen molar-refractivity contribution in [3.05, 3.63) is 30.3 Å².